The zero-order valence-corrected chi connectivity index (χ0v) is 7.05. The minimum atomic E-state index is 1.07. The Morgan fingerprint density at radius 2 is 2.11 bits per heavy atom. The molecule has 0 aliphatic rings. The topological polar surface area (TPSA) is 0 Å². The van der Waals surface area contributed by atoms with E-state index in [9.17, 15) is 0 Å². The molecule has 0 aromatic rings. The highest BCUT2D eigenvalue weighted by atomic mass is 32.2. The number of rotatable bonds is 3. The molecule has 0 rings (SSSR count). The molecule has 0 aromatic carbocycles. The van der Waals surface area contributed by atoms with Crippen LogP contribution in [0.2, 0.25) is 0 Å². The maximum absolute atomic E-state index is 3.10. The zero-order chi connectivity index (χ0) is 6.95. The second-order valence-corrected chi connectivity index (χ2v) is 2.89. The van der Waals surface area contributed by atoms with Crippen LogP contribution >= 0.6 is 11.8 Å². The number of thioether (sulfide) groups is 1. The zero-order valence-electron chi connectivity index (χ0n) is 6.24. The van der Waals surface area contributed by atoms with Crippen LogP contribution in [-0.4, -0.2) is 5.75 Å². The summed E-state index contributed by atoms with van der Waals surface area (Å²) in [6, 6.07) is 0. The number of unbranched alkanes of at least 4 members (excludes halogenated alkanes) is 2. The minimum Gasteiger partial charge on any atom is -0.0913 e. The first kappa shape index (κ1) is 8.91. The first-order valence-electron chi connectivity index (χ1n) is 3.51. The molecule has 0 aliphatic carbocycles. The monoisotopic (exact) mass is 142 g/mol. The molecule has 52 valence electrons. The van der Waals surface area contributed by atoms with Crippen molar-refractivity contribution in [2.45, 2.75) is 33.1 Å². The molecular weight excluding hydrogens is 128 g/mol. The van der Waals surface area contributed by atoms with Crippen LogP contribution in [0.3, 0.4) is 0 Å². The summed E-state index contributed by atoms with van der Waals surface area (Å²) >= 11 is 1.70. The second-order valence-electron chi connectivity index (χ2n) is 1.82. The molecule has 0 saturated carbocycles. The van der Waals surface area contributed by atoms with Gasteiger partial charge in [-0.3, -0.25) is 0 Å². The second kappa shape index (κ2) is 7.91. The van der Waals surface area contributed by atoms with Crippen molar-refractivity contribution in [3.8, 4) is 11.2 Å². The van der Waals surface area contributed by atoms with E-state index in [1.807, 2.05) is 0 Å². The molecule has 0 unspecified atom stereocenters. The van der Waals surface area contributed by atoms with Gasteiger partial charge in [0.25, 0.3) is 0 Å². The molecule has 0 saturated heterocycles. The van der Waals surface area contributed by atoms with Gasteiger partial charge in [-0.2, -0.15) is 0 Å². The predicted molar refractivity (Wildman–Crippen MR) is 45.4 cm³/mol. The van der Waals surface area contributed by atoms with E-state index >= 15 is 0 Å². The quantitative estimate of drug-likeness (QED) is 0.431. The van der Waals surface area contributed by atoms with E-state index in [-0.39, 0.29) is 0 Å². The van der Waals surface area contributed by atoms with Gasteiger partial charge in [-0.05, 0) is 11.7 Å². The first-order valence-corrected chi connectivity index (χ1v) is 4.50. The third-order valence-electron chi connectivity index (χ3n) is 0.944. The molecule has 0 nitrogen and oxygen atoms in total. The van der Waals surface area contributed by atoms with Gasteiger partial charge in [0.15, 0.2) is 0 Å². The molecule has 0 N–H and O–H groups in total. The Balaban J connectivity index is 2.96. The summed E-state index contributed by atoms with van der Waals surface area (Å²) in [5.41, 5.74) is 0. The molecular formula is C8H14S. The third-order valence-corrected chi connectivity index (χ3v) is 1.52. The van der Waals surface area contributed by atoms with Crippen LogP contribution in [0.4, 0.5) is 0 Å². The summed E-state index contributed by atoms with van der Waals surface area (Å²) in [6.07, 6.45) is 3.58. The number of hydrogen-bond donors (Lipinski definition) is 0. The standard InChI is InChI=1S/C8H14S/c1-3-5-6-7-8-9-4-2/h3-6H2,1-2H3. The smallest absolute Gasteiger partial charge is 0.00975 e. The summed E-state index contributed by atoms with van der Waals surface area (Å²) in [5, 5.41) is 3.04. The summed E-state index contributed by atoms with van der Waals surface area (Å²) in [6.45, 7) is 4.31. The average Bonchev–Trinajstić information content (AvgIpc) is 1.89. The van der Waals surface area contributed by atoms with Crippen LogP contribution in [0.25, 0.3) is 0 Å². The van der Waals surface area contributed by atoms with Crippen molar-refractivity contribution in [1.29, 1.82) is 0 Å². The molecule has 0 bridgehead atoms. The summed E-state index contributed by atoms with van der Waals surface area (Å²) in [5.74, 6) is 4.21. The van der Waals surface area contributed by atoms with Crippen LogP contribution in [-0.2, 0) is 0 Å². The van der Waals surface area contributed by atoms with Gasteiger partial charge in [-0.15, -0.1) is 0 Å². The molecule has 1 heteroatoms. The Morgan fingerprint density at radius 3 is 2.67 bits per heavy atom. The highest BCUT2D eigenvalue weighted by Gasteiger charge is 1.75. The van der Waals surface area contributed by atoms with Gasteiger partial charge in [0.05, 0.1) is 0 Å². The van der Waals surface area contributed by atoms with Crippen molar-refractivity contribution >= 4 is 11.8 Å². The highest BCUT2D eigenvalue weighted by molar-refractivity contribution is 8.03. The summed E-state index contributed by atoms with van der Waals surface area (Å²) < 4.78 is 0. The average molecular weight is 142 g/mol. The van der Waals surface area contributed by atoms with Crippen molar-refractivity contribution in [2.75, 3.05) is 5.75 Å². The number of hydrogen-bond acceptors (Lipinski definition) is 1. The van der Waals surface area contributed by atoms with Crippen molar-refractivity contribution in [1.82, 2.24) is 0 Å². The molecule has 0 fully saturated rings. The largest absolute Gasteiger partial charge is 0.0913 e. The van der Waals surface area contributed by atoms with E-state index < -0.39 is 0 Å². The lowest BCUT2D eigenvalue weighted by Crippen LogP contribution is -1.66. The first-order chi connectivity index (χ1) is 4.41. The van der Waals surface area contributed by atoms with Crippen LogP contribution in [0.1, 0.15) is 33.1 Å². The van der Waals surface area contributed by atoms with Crippen LogP contribution in [0.15, 0.2) is 0 Å². The van der Waals surface area contributed by atoms with Gasteiger partial charge < -0.3 is 0 Å². The molecule has 0 spiro atoms. The van der Waals surface area contributed by atoms with Gasteiger partial charge in [0, 0.05) is 12.2 Å². The lowest BCUT2D eigenvalue weighted by molar-refractivity contribution is 0.828. The molecule has 0 aromatic heterocycles. The highest BCUT2D eigenvalue weighted by Crippen LogP contribution is 1.95. The van der Waals surface area contributed by atoms with Crippen molar-refractivity contribution < 1.29 is 0 Å². The van der Waals surface area contributed by atoms with Crippen LogP contribution in [0.5, 0.6) is 0 Å². The fourth-order valence-electron chi connectivity index (χ4n) is 0.439. The fourth-order valence-corrected chi connectivity index (χ4v) is 0.788. The van der Waals surface area contributed by atoms with Crippen molar-refractivity contribution in [3.63, 3.8) is 0 Å². The predicted octanol–water partition coefficient (Wildman–Crippen LogP) is 2.89. The van der Waals surface area contributed by atoms with Gasteiger partial charge in [0.1, 0.15) is 0 Å². The SMILES string of the molecule is CCCCC#CSCC. The lowest BCUT2D eigenvalue weighted by atomic mass is 10.3. The molecule has 9 heavy (non-hydrogen) atoms. The van der Waals surface area contributed by atoms with E-state index in [4.69, 9.17) is 0 Å². The van der Waals surface area contributed by atoms with Crippen LogP contribution < -0.4 is 0 Å². The van der Waals surface area contributed by atoms with Gasteiger partial charge in [-0.1, -0.05) is 38.0 Å². The summed E-state index contributed by atoms with van der Waals surface area (Å²) in [4.78, 5) is 0. The minimum absolute atomic E-state index is 1.07. The van der Waals surface area contributed by atoms with E-state index in [2.05, 4.69) is 25.0 Å². The Labute approximate surface area is 62.4 Å². The maximum Gasteiger partial charge on any atom is 0.00975 e. The molecule has 0 radical (unpaired) electrons. The molecule has 0 atom stereocenters. The summed E-state index contributed by atoms with van der Waals surface area (Å²) in [7, 11) is 0. The Hall–Kier alpha value is -0.0900. The van der Waals surface area contributed by atoms with Gasteiger partial charge in [0.2, 0.25) is 0 Å². The van der Waals surface area contributed by atoms with Gasteiger partial charge in [-0.25, -0.2) is 0 Å². The van der Waals surface area contributed by atoms with E-state index in [1.165, 1.54) is 12.8 Å². The lowest BCUT2D eigenvalue weighted by Gasteiger charge is -1.82. The van der Waals surface area contributed by atoms with Crippen molar-refractivity contribution in [3.05, 3.63) is 0 Å². The maximum atomic E-state index is 3.10. The van der Waals surface area contributed by atoms with E-state index in [0.717, 1.165) is 12.2 Å². The van der Waals surface area contributed by atoms with Crippen molar-refractivity contribution in [2.24, 2.45) is 0 Å². The molecule has 0 amide bonds. The molecule has 0 heterocycles. The third kappa shape index (κ3) is 7.91. The fraction of sp³-hybridized carbons (Fsp3) is 0.750. The van der Waals surface area contributed by atoms with Crippen LogP contribution in [0, 0.1) is 11.2 Å². The van der Waals surface area contributed by atoms with Gasteiger partial charge >= 0.3 is 0 Å². The van der Waals surface area contributed by atoms with E-state index in [1.54, 1.807) is 11.8 Å². The Morgan fingerprint density at radius 1 is 1.33 bits per heavy atom. The van der Waals surface area contributed by atoms with E-state index in [0.29, 0.717) is 0 Å². The normalized spacial score (nSPS) is 8.22. The molecule has 0 aliphatic heterocycles. The Bertz CT molecular complexity index is 96.9. The Kier molecular flexibility index (Phi) is 7.83.